The first kappa shape index (κ1) is 8.13. The van der Waals surface area contributed by atoms with Crippen molar-refractivity contribution in [1.82, 2.24) is 9.97 Å². The van der Waals surface area contributed by atoms with Gasteiger partial charge in [-0.2, -0.15) is 4.98 Å². The molecular formula is C6H8N2O2S. The summed E-state index contributed by atoms with van der Waals surface area (Å²) in [5, 5.41) is 9.53. The number of nitrogens with zero attached hydrogens (tertiary/aromatic N) is 1. The predicted octanol–water partition coefficient (Wildman–Crippen LogP) is 0.506. The maximum Gasteiger partial charge on any atom is 0.280 e. The van der Waals surface area contributed by atoms with Crippen molar-refractivity contribution in [2.45, 2.75) is 12.1 Å². The Kier molecular flexibility index (Phi) is 2.19. The molecule has 60 valence electrons. The SMILES string of the molecule is CSc1nc(=O)c(C)c(O)[nH]1. The van der Waals surface area contributed by atoms with E-state index in [9.17, 15) is 4.79 Å². The van der Waals surface area contributed by atoms with Crippen molar-refractivity contribution in [1.29, 1.82) is 0 Å². The number of hydrogen-bond donors (Lipinski definition) is 2. The summed E-state index contributed by atoms with van der Waals surface area (Å²) in [4.78, 5) is 17.1. The minimum atomic E-state index is -0.384. The maximum absolute atomic E-state index is 10.9. The van der Waals surface area contributed by atoms with Crippen molar-refractivity contribution < 1.29 is 5.11 Å². The summed E-state index contributed by atoms with van der Waals surface area (Å²) in [7, 11) is 0. The minimum absolute atomic E-state index is 0.102. The number of H-pyrrole nitrogens is 1. The van der Waals surface area contributed by atoms with E-state index in [1.165, 1.54) is 18.7 Å². The van der Waals surface area contributed by atoms with Gasteiger partial charge in [0.25, 0.3) is 5.56 Å². The van der Waals surface area contributed by atoms with E-state index in [0.29, 0.717) is 5.16 Å². The Balaban J connectivity index is 3.32. The first-order chi connectivity index (χ1) is 5.15. The molecule has 0 bridgehead atoms. The Morgan fingerprint density at radius 1 is 1.64 bits per heavy atom. The monoisotopic (exact) mass is 172 g/mol. The third-order valence-electron chi connectivity index (χ3n) is 1.30. The number of hydrogen-bond acceptors (Lipinski definition) is 4. The van der Waals surface area contributed by atoms with Gasteiger partial charge in [0.05, 0.1) is 5.56 Å². The average Bonchev–Trinajstić information content (AvgIpc) is 1.99. The van der Waals surface area contributed by atoms with Crippen LogP contribution in [0.2, 0.25) is 0 Å². The standard InChI is InChI=1S/C6H8N2O2S/c1-3-4(9)7-6(11-2)8-5(3)10/h1-2H3,(H2,7,8,9,10). The van der Waals surface area contributed by atoms with Gasteiger partial charge in [-0.15, -0.1) is 0 Å². The van der Waals surface area contributed by atoms with Crippen molar-refractivity contribution in [2.75, 3.05) is 6.26 Å². The second-order valence-corrected chi connectivity index (χ2v) is 2.82. The molecule has 5 heteroatoms. The lowest BCUT2D eigenvalue weighted by molar-refractivity contribution is 0.439. The Bertz CT molecular complexity index is 321. The largest absolute Gasteiger partial charge is 0.494 e. The van der Waals surface area contributed by atoms with Crippen molar-refractivity contribution in [3.63, 3.8) is 0 Å². The molecule has 1 aromatic heterocycles. The van der Waals surface area contributed by atoms with Crippen LogP contribution in [-0.2, 0) is 0 Å². The highest BCUT2D eigenvalue weighted by Gasteiger charge is 2.03. The van der Waals surface area contributed by atoms with E-state index in [1.54, 1.807) is 6.26 Å². The molecule has 0 fully saturated rings. The summed E-state index contributed by atoms with van der Waals surface area (Å²) in [6.07, 6.45) is 1.77. The molecule has 0 saturated heterocycles. The fraction of sp³-hybridized carbons (Fsp3) is 0.333. The van der Waals surface area contributed by atoms with Crippen molar-refractivity contribution in [2.24, 2.45) is 0 Å². The summed E-state index contributed by atoms with van der Waals surface area (Å²) in [6, 6.07) is 0. The number of aromatic hydroxyl groups is 1. The van der Waals surface area contributed by atoms with Gasteiger partial charge in [-0.25, -0.2) is 0 Å². The van der Waals surface area contributed by atoms with Crippen LogP contribution < -0.4 is 5.56 Å². The van der Waals surface area contributed by atoms with Gasteiger partial charge < -0.3 is 10.1 Å². The molecule has 4 nitrogen and oxygen atoms in total. The van der Waals surface area contributed by atoms with Crippen LogP contribution in [0, 0.1) is 6.92 Å². The number of nitrogens with one attached hydrogen (secondary N) is 1. The Labute approximate surface area is 67.7 Å². The van der Waals surface area contributed by atoms with Gasteiger partial charge in [0.1, 0.15) is 0 Å². The second-order valence-electron chi connectivity index (χ2n) is 2.02. The van der Waals surface area contributed by atoms with Crippen molar-refractivity contribution in [3.05, 3.63) is 15.9 Å². The molecule has 1 heterocycles. The zero-order valence-electron chi connectivity index (χ0n) is 6.21. The number of aromatic nitrogens is 2. The molecule has 0 aliphatic carbocycles. The molecule has 0 saturated carbocycles. The maximum atomic E-state index is 10.9. The lowest BCUT2D eigenvalue weighted by Crippen LogP contribution is -2.11. The van der Waals surface area contributed by atoms with Crippen LogP contribution in [0.3, 0.4) is 0 Å². The van der Waals surface area contributed by atoms with Crippen molar-refractivity contribution in [3.8, 4) is 5.88 Å². The molecule has 0 radical (unpaired) electrons. The average molecular weight is 172 g/mol. The van der Waals surface area contributed by atoms with Crippen LogP contribution in [-0.4, -0.2) is 21.3 Å². The van der Waals surface area contributed by atoms with Crippen LogP contribution >= 0.6 is 11.8 Å². The van der Waals surface area contributed by atoms with Crippen LogP contribution in [0.25, 0.3) is 0 Å². The number of aromatic amines is 1. The molecule has 11 heavy (non-hydrogen) atoms. The fourth-order valence-electron chi connectivity index (χ4n) is 0.597. The van der Waals surface area contributed by atoms with Gasteiger partial charge in [0.2, 0.25) is 0 Å². The molecular weight excluding hydrogens is 164 g/mol. The smallest absolute Gasteiger partial charge is 0.280 e. The molecule has 0 atom stereocenters. The van der Waals surface area contributed by atoms with E-state index in [-0.39, 0.29) is 17.0 Å². The fourth-order valence-corrected chi connectivity index (χ4v) is 0.970. The summed E-state index contributed by atoms with van der Waals surface area (Å²) < 4.78 is 0. The topological polar surface area (TPSA) is 66.0 Å². The third kappa shape index (κ3) is 1.54. The highest BCUT2D eigenvalue weighted by Crippen LogP contribution is 2.11. The third-order valence-corrected chi connectivity index (χ3v) is 1.88. The molecule has 0 aliphatic heterocycles. The highest BCUT2D eigenvalue weighted by atomic mass is 32.2. The van der Waals surface area contributed by atoms with Crippen LogP contribution in [0.5, 0.6) is 5.88 Å². The lowest BCUT2D eigenvalue weighted by Gasteiger charge is -1.98. The van der Waals surface area contributed by atoms with E-state index < -0.39 is 0 Å². The molecule has 0 aromatic carbocycles. The highest BCUT2D eigenvalue weighted by molar-refractivity contribution is 7.98. The van der Waals surface area contributed by atoms with E-state index in [1.807, 2.05) is 0 Å². The summed E-state index contributed by atoms with van der Waals surface area (Å²) >= 11 is 1.28. The summed E-state index contributed by atoms with van der Waals surface area (Å²) in [5.41, 5.74) is -0.131. The van der Waals surface area contributed by atoms with Crippen LogP contribution in [0.4, 0.5) is 0 Å². The van der Waals surface area contributed by atoms with Crippen LogP contribution in [0.1, 0.15) is 5.56 Å². The molecule has 2 N–H and O–H groups in total. The zero-order valence-corrected chi connectivity index (χ0v) is 7.03. The van der Waals surface area contributed by atoms with E-state index >= 15 is 0 Å². The van der Waals surface area contributed by atoms with Gasteiger partial charge in [-0.1, -0.05) is 11.8 Å². The Hall–Kier alpha value is -0.970. The molecule has 0 aliphatic rings. The summed E-state index contributed by atoms with van der Waals surface area (Å²) in [5.74, 6) is -0.102. The van der Waals surface area contributed by atoms with Gasteiger partial charge >= 0.3 is 0 Å². The Morgan fingerprint density at radius 2 is 2.27 bits per heavy atom. The number of rotatable bonds is 1. The molecule has 0 amide bonds. The van der Waals surface area contributed by atoms with Gasteiger partial charge in [-0.3, -0.25) is 4.79 Å². The summed E-state index contributed by atoms with van der Waals surface area (Å²) in [6.45, 7) is 1.52. The van der Waals surface area contributed by atoms with E-state index in [4.69, 9.17) is 5.11 Å². The van der Waals surface area contributed by atoms with Crippen molar-refractivity contribution >= 4 is 11.8 Å². The first-order valence-electron chi connectivity index (χ1n) is 2.99. The predicted molar refractivity (Wildman–Crippen MR) is 43.0 cm³/mol. The molecule has 0 unspecified atom stereocenters. The molecule has 1 aromatic rings. The molecule has 0 spiro atoms. The Morgan fingerprint density at radius 3 is 2.73 bits per heavy atom. The second kappa shape index (κ2) is 2.96. The van der Waals surface area contributed by atoms with Gasteiger partial charge in [0.15, 0.2) is 11.0 Å². The zero-order chi connectivity index (χ0) is 8.43. The minimum Gasteiger partial charge on any atom is -0.494 e. The normalized spacial score (nSPS) is 10.0. The first-order valence-corrected chi connectivity index (χ1v) is 4.21. The lowest BCUT2D eigenvalue weighted by atomic mass is 10.4. The van der Waals surface area contributed by atoms with Crippen LogP contribution in [0.15, 0.2) is 9.95 Å². The number of thioether (sulfide) groups is 1. The van der Waals surface area contributed by atoms with Gasteiger partial charge in [-0.05, 0) is 13.2 Å². The van der Waals surface area contributed by atoms with Gasteiger partial charge in [0, 0.05) is 0 Å². The van der Waals surface area contributed by atoms with E-state index in [2.05, 4.69) is 9.97 Å². The van der Waals surface area contributed by atoms with E-state index in [0.717, 1.165) is 0 Å². The quantitative estimate of drug-likeness (QED) is 0.478. The molecule has 1 rings (SSSR count).